The molecular weight excluding hydrogens is 482 g/mol. The summed E-state index contributed by atoms with van der Waals surface area (Å²) in [5, 5.41) is 0. The number of aryl methyl sites for hydroxylation is 1. The molecular formula is C29H37N5O4. The molecule has 0 bridgehead atoms. The Morgan fingerprint density at radius 2 is 1.84 bits per heavy atom. The molecule has 0 atom stereocenters. The first-order chi connectivity index (χ1) is 18.5. The molecule has 0 saturated carbocycles. The third-order valence-electron chi connectivity index (χ3n) is 7.86. The number of ether oxygens (including phenoxy) is 1. The van der Waals surface area contributed by atoms with E-state index in [2.05, 4.69) is 16.4 Å². The zero-order valence-corrected chi connectivity index (χ0v) is 22.4. The first-order valence-corrected chi connectivity index (χ1v) is 13.8. The second-order valence-electron chi connectivity index (χ2n) is 10.4. The van der Waals surface area contributed by atoms with Crippen LogP contribution in [0.2, 0.25) is 0 Å². The third-order valence-corrected chi connectivity index (χ3v) is 7.86. The van der Waals surface area contributed by atoms with Crippen molar-refractivity contribution in [2.75, 3.05) is 36.5 Å². The quantitative estimate of drug-likeness (QED) is 0.310. The van der Waals surface area contributed by atoms with Gasteiger partial charge in [-0.25, -0.2) is 0 Å². The summed E-state index contributed by atoms with van der Waals surface area (Å²) in [4.78, 5) is 46.1. The first kappa shape index (κ1) is 26.0. The van der Waals surface area contributed by atoms with Crippen molar-refractivity contribution < 1.29 is 14.3 Å². The van der Waals surface area contributed by atoms with Gasteiger partial charge in [-0.05, 0) is 49.3 Å². The highest BCUT2D eigenvalue weighted by atomic mass is 16.5. The number of aromatic nitrogens is 3. The number of carbonyl (C=O) groups is 2. The van der Waals surface area contributed by atoms with Gasteiger partial charge in [0.1, 0.15) is 5.82 Å². The van der Waals surface area contributed by atoms with E-state index >= 15 is 0 Å². The van der Waals surface area contributed by atoms with Crippen molar-refractivity contribution in [3.63, 3.8) is 0 Å². The summed E-state index contributed by atoms with van der Waals surface area (Å²) in [6.45, 7) is 5.22. The topological polar surface area (TPSA) is 89.2 Å². The summed E-state index contributed by atoms with van der Waals surface area (Å²) in [6, 6.07) is 9.67. The van der Waals surface area contributed by atoms with E-state index in [0.717, 1.165) is 81.6 Å². The molecule has 2 aliphatic rings. The van der Waals surface area contributed by atoms with Crippen molar-refractivity contribution in [3.05, 3.63) is 46.9 Å². The molecule has 38 heavy (non-hydrogen) atoms. The molecule has 0 N–H and O–H groups in total. The average Bonchev–Trinajstić information content (AvgIpc) is 3.53. The normalized spacial score (nSPS) is 16.5. The van der Waals surface area contributed by atoms with E-state index in [0.29, 0.717) is 30.4 Å². The minimum absolute atomic E-state index is 0.101. The standard InChI is InChI=1S/C29H37N5O4/c1-3-4-5-14-33-24(22-8-10-23(11-9-22)32-15-6-7-26(32)35)20-34-27(36)19-25(30-29(33)34)31-16-12-21(13-17-31)18-28(37)38-2/h8-11,19-21H,3-7,12-18H2,1-2H3. The maximum Gasteiger partial charge on any atom is 0.305 e. The van der Waals surface area contributed by atoms with E-state index < -0.39 is 0 Å². The van der Waals surface area contributed by atoms with Gasteiger partial charge < -0.3 is 19.1 Å². The Bertz CT molecular complexity index is 1350. The summed E-state index contributed by atoms with van der Waals surface area (Å²) < 4.78 is 8.63. The van der Waals surface area contributed by atoms with Gasteiger partial charge in [-0.1, -0.05) is 31.9 Å². The van der Waals surface area contributed by atoms with Crippen LogP contribution in [-0.4, -0.2) is 52.6 Å². The van der Waals surface area contributed by atoms with Gasteiger partial charge in [-0.3, -0.25) is 18.8 Å². The van der Waals surface area contributed by atoms with Crippen LogP contribution in [0.1, 0.15) is 58.3 Å². The minimum Gasteiger partial charge on any atom is -0.469 e. The Morgan fingerprint density at radius 1 is 1.08 bits per heavy atom. The van der Waals surface area contributed by atoms with Crippen LogP contribution in [0.25, 0.3) is 17.0 Å². The van der Waals surface area contributed by atoms with Crippen LogP contribution < -0.4 is 15.4 Å². The lowest BCUT2D eigenvalue weighted by molar-refractivity contribution is -0.141. The number of carbonyl (C=O) groups excluding carboxylic acids is 2. The summed E-state index contributed by atoms with van der Waals surface area (Å²) >= 11 is 0. The van der Waals surface area contributed by atoms with Gasteiger partial charge in [0.2, 0.25) is 11.7 Å². The molecule has 0 spiro atoms. The van der Waals surface area contributed by atoms with Crippen molar-refractivity contribution in [1.29, 1.82) is 0 Å². The Balaban J connectivity index is 1.45. The molecule has 9 heteroatoms. The number of fused-ring (bicyclic) bond motifs is 1. The highest BCUT2D eigenvalue weighted by Gasteiger charge is 2.25. The van der Waals surface area contributed by atoms with Gasteiger partial charge in [0.05, 0.1) is 12.8 Å². The van der Waals surface area contributed by atoms with Crippen molar-refractivity contribution in [2.45, 2.75) is 64.8 Å². The van der Waals surface area contributed by atoms with E-state index in [1.165, 1.54) is 7.11 Å². The molecule has 2 aliphatic heterocycles. The highest BCUT2D eigenvalue weighted by Crippen LogP contribution is 2.29. The van der Waals surface area contributed by atoms with E-state index in [1.54, 1.807) is 10.5 Å². The third kappa shape index (κ3) is 5.33. The number of esters is 1. The van der Waals surface area contributed by atoms with Crippen LogP contribution in [0.4, 0.5) is 11.5 Å². The smallest absolute Gasteiger partial charge is 0.305 e. The SMILES string of the molecule is CCCCCn1c(-c2ccc(N3CCCC3=O)cc2)cn2c(=O)cc(N3CCC(CC(=O)OC)CC3)nc12. The molecule has 202 valence electrons. The molecule has 4 heterocycles. The molecule has 3 aromatic rings. The second kappa shape index (κ2) is 11.4. The van der Waals surface area contributed by atoms with Gasteiger partial charge >= 0.3 is 5.97 Å². The molecule has 9 nitrogen and oxygen atoms in total. The lowest BCUT2D eigenvalue weighted by Gasteiger charge is -2.32. The molecule has 5 rings (SSSR count). The Hall–Kier alpha value is -3.62. The average molecular weight is 520 g/mol. The van der Waals surface area contributed by atoms with Gasteiger partial charge in [0, 0.05) is 57.0 Å². The first-order valence-electron chi connectivity index (χ1n) is 13.8. The Labute approximate surface area is 223 Å². The summed E-state index contributed by atoms with van der Waals surface area (Å²) in [7, 11) is 1.43. The van der Waals surface area contributed by atoms with E-state index in [9.17, 15) is 14.4 Å². The van der Waals surface area contributed by atoms with Crippen LogP contribution in [-0.2, 0) is 20.9 Å². The molecule has 2 aromatic heterocycles. The van der Waals surface area contributed by atoms with Crippen LogP contribution in [0.3, 0.4) is 0 Å². The van der Waals surface area contributed by atoms with Crippen LogP contribution in [0, 0.1) is 5.92 Å². The molecule has 1 aromatic carbocycles. The fourth-order valence-corrected chi connectivity index (χ4v) is 5.63. The van der Waals surface area contributed by atoms with E-state index in [4.69, 9.17) is 9.72 Å². The predicted octanol–water partition coefficient (Wildman–Crippen LogP) is 4.26. The zero-order chi connectivity index (χ0) is 26.6. The molecule has 2 saturated heterocycles. The number of amides is 1. The monoisotopic (exact) mass is 519 g/mol. The number of rotatable bonds is 9. The number of unbranched alkanes of at least 4 members (excludes halogenated alkanes) is 2. The molecule has 1 amide bonds. The highest BCUT2D eigenvalue weighted by molar-refractivity contribution is 5.95. The largest absolute Gasteiger partial charge is 0.469 e. The van der Waals surface area contributed by atoms with Crippen LogP contribution >= 0.6 is 0 Å². The number of imidazole rings is 1. The number of anilines is 2. The van der Waals surface area contributed by atoms with Crippen molar-refractivity contribution in [3.8, 4) is 11.3 Å². The van der Waals surface area contributed by atoms with Gasteiger partial charge in [-0.15, -0.1) is 0 Å². The predicted molar refractivity (Wildman–Crippen MR) is 148 cm³/mol. The Kier molecular flexibility index (Phi) is 7.81. The van der Waals surface area contributed by atoms with Crippen molar-refractivity contribution in [2.24, 2.45) is 5.92 Å². The molecule has 2 fully saturated rings. The number of nitrogens with zero attached hydrogens (tertiary/aromatic N) is 5. The fraction of sp³-hybridized carbons (Fsp3) is 0.517. The van der Waals surface area contributed by atoms with Crippen molar-refractivity contribution >= 4 is 29.2 Å². The number of piperidine rings is 1. The van der Waals surface area contributed by atoms with E-state index in [-0.39, 0.29) is 17.4 Å². The maximum absolute atomic E-state index is 13.3. The number of benzene rings is 1. The van der Waals surface area contributed by atoms with Crippen LogP contribution in [0.5, 0.6) is 0 Å². The zero-order valence-electron chi connectivity index (χ0n) is 22.4. The van der Waals surface area contributed by atoms with Gasteiger partial charge in [0.25, 0.3) is 5.56 Å². The van der Waals surface area contributed by atoms with Gasteiger partial charge in [0.15, 0.2) is 0 Å². The van der Waals surface area contributed by atoms with Gasteiger partial charge in [-0.2, -0.15) is 4.98 Å². The number of hydrogen-bond donors (Lipinski definition) is 0. The van der Waals surface area contributed by atoms with Crippen molar-refractivity contribution in [1.82, 2.24) is 14.0 Å². The second-order valence-corrected chi connectivity index (χ2v) is 10.4. The number of hydrogen-bond acceptors (Lipinski definition) is 6. The maximum atomic E-state index is 13.3. The fourth-order valence-electron chi connectivity index (χ4n) is 5.63. The number of methoxy groups -OCH3 is 1. The molecule has 0 unspecified atom stereocenters. The van der Waals surface area contributed by atoms with E-state index in [1.807, 2.05) is 35.4 Å². The molecule has 0 aliphatic carbocycles. The molecule has 0 radical (unpaired) electrons. The summed E-state index contributed by atoms with van der Waals surface area (Å²) in [5.74, 6) is 1.64. The lowest BCUT2D eigenvalue weighted by Crippen LogP contribution is -2.36. The lowest BCUT2D eigenvalue weighted by atomic mass is 9.93. The van der Waals surface area contributed by atoms with Crippen LogP contribution in [0.15, 0.2) is 41.3 Å². The minimum atomic E-state index is -0.168. The summed E-state index contributed by atoms with van der Waals surface area (Å²) in [6.07, 6.45) is 8.75. The summed E-state index contributed by atoms with van der Waals surface area (Å²) in [5.41, 5.74) is 2.75. The Morgan fingerprint density at radius 3 is 2.50 bits per heavy atom.